The highest BCUT2D eigenvalue weighted by Gasteiger charge is 2.51. The summed E-state index contributed by atoms with van der Waals surface area (Å²) in [6.45, 7) is 0. The molecule has 0 saturated heterocycles. The minimum absolute atomic E-state index is 0.417. The largest absolute Gasteiger partial charge is 0.256 e. The van der Waals surface area contributed by atoms with Crippen LogP contribution in [0.1, 0.15) is 22.3 Å². The van der Waals surface area contributed by atoms with Crippen molar-refractivity contribution in [1.29, 1.82) is 0 Å². The molecule has 7 heteroatoms. The van der Waals surface area contributed by atoms with E-state index in [1.807, 2.05) is 72.8 Å². The van der Waals surface area contributed by atoms with Gasteiger partial charge >= 0.3 is 0 Å². The van der Waals surface area contributed by atoms with E-state index in [1.54, 1.807) is 12.4 Å². The molecule has 101 heavy (non-hydrogen) atoms. The van der Waals surface area contributed by atoms with Crippen LogP contribution in [0.2, 0.25) is 0 Å². The standard InChI is InChI=1S/C51H32N2.C43H29N5/c1-2-12-33(13-3-1)35-22-25-36(26-23-35)48-32-49(53-50(52-48)39-27-24-34-14-4-5-15-37(34)30-39)38-28-29-43-42-18-8-11-21-46(42)51(47(43)31-38)44-19-9-6-16-40(44)41-17-7-10-20-45(41)51;1-3-13-30(14-4-1)36-27-37(31-15-5-2-6-16-31)29-38(28-36)43-47-41(34-19-11-17-32(25-34)39-21-7-9-23-44-39)46-42(48-43)35-20-12-18-33(26-35)40-22-8-10-24-45-40/h1-32H;1-29H. The van der Waals surface area contributed by atoms with Crippen molar-refractivity contribution in [2.75, 3.05) is 0 Å². The first-order valence-electron chi connectivity index (χ1n) is 34.1. The fraction of sp³-hybridized carbons (Fsp3) is 0.0106. The lowest BCUT2D eigenvalue weighted by Gasteiger charge is -2.30. The predicted octanol–water partition coefficient (Wildman–Crippen LogP) is 23.0. The first kappa shape index (κ1) is 60.0. The molecule has 4 heterocycles. The van der Waals surface area contributed by atoms with Gasteiger partial charge in [0.05, 0.1) is 28.2 Å². The van der Waals surface area contributed by atoms with Gasteiger partial charge in [-0.15, -0.1) is 0 Å². The van der Waals surface area contributed by atoms with E-state index < -0.39 is 5.41 Å². The zero-order valence-corrected chi connectivity index (χ0v) is 54.8. The van der Waals surface area contributed by atoms with Crippen molar-refractivity contribution in [2.24, 2.45) is 0 Å². The van der Waals surface area contributed by atoms with Crippen LogP contribution in [0.25, 0.3) is 157 Å². The van der Waals surface area contributed by atoms with Gasteiger partial charge in [-0.25, -0.2) is 24.9 Å². The molecule has 0 saturated carbocycles. The molecular formula is C94H61N7. The van der Waals surface area contributed by atoms with Crippen LogP contribution in [0.4, 0.5) is 0 Å². The topological polar surface area (TPSA) is 90.2 Å². The Morgan fingerprint density at radius 1 is 0.168 bits per heavy atom. The first-order valence-corrected chi connectivity index (χ1v) is 34.1. The van der Waals surface area contributed by atoms with Crippen LogP contribution in [-0.4, -0.2) is 34.9 Å². The van der Waals surface area contributed by atoms with Crippen LogP contribution in [-0.2, 0) is 5.41 Å². The number of fused-ring (bicyclic) bond motifs is 11. The van der Waals surface area contributed by atoms with Crippen molar-refractivity contribution in [2.45, 2.75) is 5.41 Å². The molecule has 17 aromatic rings. The third kappa shape index (κ3) is 11.2. The maximum absolute atomic E-state index is 5.34. The minimum atomic E-state index is -0.417. The second-order valence-electron chi connectivity index (χ2n) is 25.5. The smallest absolute Gasteiger partial charge is 0.164 e. The third-order valence-electron chi connectivity index (χ3n) is 19.5. The number of hydrogen-bond acceptors (Lipinski definition) is 7. The maximum Gasteiger partial charge on any atom is 0.164 e. The molecule has 0 bridgehead atoms. The molecule has 4 aromatic heterocycles. The molecule has 2 aliphatic rings. The molecule has 0 fully saturated rings. The Hall–Kier alpha value is -13.5. The SMILES string of the molecule is c1ccc(-c2cc(-c3ccccc3)cc(-c3nc(-c4cccc(-c5ccccn5)c4)nc(-c4cccc(-c5ccccn5)c4)n3)c2)cc1.c1ccc(-c2ccc(-c3cc(-c4ccc5c(c4)C4(c6ccccc6-c6ccccc64)c4ccccc4-5)nc(-c4ccc5ccccc5c4)n3)cc2)cc1. The van der Waals surface area contributed by atoms with E-state index in [0.717, 1.165) is 89.5 Å². The third-order valence-corrected chi connectivity index (χ3v) is 19.5. The summed E-state index contributed by atoms with van der Waals surface area (Å²) in [4.78, 5) is 35.0. The van der Waals surface area contributed by atoms with E-state index in [2.05, 4.69) is 295 Å². The summed E-state index contributed by atoms with van der Waals surface area (Å²) in [7, 11) is 0. The lowest BCUT2D eigenvalue weighted by Crippen LogP contribution is -2.25. The Bertz CT molecular complexity index is 5720. The van der Waals surface area contributed by atoms with Gasteiger partial charge in [-0.05, 0) is 161 Å². The highest BCUT2D eigenvalue weighted by atomic mass is 15.0. The van der Waals surface area contributed by atoms with Crippen LogP contribution < -0.4 is 0 Å². The van der Waals surface area contributed by atoms with E-state index in [0.29, 0.717) is 23.3 Å². The molecular weight excluding hydrogens is 1230 g/mol. The molecule has 2 aliphatic carbocycles. The van der Waals surface area contributed by atoms with Gasteiger partial charge in [0.1, 0.15) is 0 Å². The Morgan fingerprint density at radius 3 is 1.04 bits per heavy atom. The van der Waals surface area contributed by atoms with E-state index in [1.165, 1.54) is 66.4 Å². The number of pyridine rings is 2. The first-order chi connectivity index (χ1) is 50.0. The van der Waals surface area contributed by atoms with Gasteiger partial charge in [0.25, 0.3) is 0 Å². The zero-order chi connectivity index (χ0) is 67.1. The summed E-state index contributed by atoms with van der Waals surface area (Å²) in [6, 6.07) is 126. The number of benzene rings is 13. The quantitative estimate of drug-likeness (QED) is 0.127. The van der Waals surface area contributed by atoms with Crippen LogP contribution in [0, 0.1) is 0 Å². The fourth-order valence-corrected chi connectivity index (χ4v) is 14.7. The number of aromatic nitrogens is 7. The summed E-state index contributed by atoms with van der Waals surface area (Å²) in [5, 5.41) is 2.37. The molecule has 0 aliphatic heterocycles. The molecule has 472 valence electrons. The van der Waals surface area contributed by atoms with E-state index in [-0.39, 0.29) is 0 Å². The lowest BCUT2D eigenvalue weighted by molar-refractivity contribution is 0.794. The lowest BCUT2D eigenvalue weighted by atomic mass is 9.70. The predicted molar refractivity (Wildman–Crippen MR) is 411 cm³/mol. The second-order valence-corrected chi connectivity index (χ2v) is 25.5. The summed E-state index contributed by atoms with van der Waals surface area (Å²) < 4.78 is 0. The van der Waals surface area contributed by atoms with Crippen molar-refractivity contribution in [1.82, 2.24) is 34.9 Å². The molecule has 0 radical (unpaired) electrons. The van der Waals surface area contributed by atoms with Crippen molar-refractivity contribution < 1.29 is 0 Å². The number of rotatable bonds is 11. The molecule has 0 N–H and O–H groups in total. The van der Waals surface area contributed by atoms with Crippen molar-refractivity contribution in [3.05, 3.63) is 393 Å². The van der Waals surface area contributed by atoms with Gasteiger partial charge in [0.15, 0.2) is 23.3 Å². The monoisotopic (exact) mass is 1290 g/mol. The fourth-order valence-electron chi connectivity index (χ4n) is 14.7. The van der Waals surface area contributed by atoms with Gasteiger partial charge < -0.3 is 0 Å². The van der Waals surface area contributed by atoms with E-state index >= 15 is 0 Å². The molecule has 19 rings (SSSR count). The molecule has 7 nitrogen and oxygen atoms in total. The molecule has 1 spiro atoms. The van der Waals surface area contributed by atoms with E-state index in [9.17, 15) is 0 Å². The van der Waals surface area contributed by atoms with Gasteiger partial charge in [-0.3, -0.25) is 9.97 Å². The maximum atomic E-state index is 5.34. The Labute approximate surface area is 586 Å². The normalized spacial score (nSPS) is 12.0. The zero-order valence-electron chi connectivity index (χ0n) is 54.8. The second kappa shape index (κ2) is 25.8. The van der Waals surface area contributed by atoms with E-state index in [4.69, 9.17) is 24.9 Å². The summed E-state index contributed by atoms with van der Waals surface area (Å²) >= 11 is 0. The van der Waals surface area contributed by atoms with Crippen LogP contribution in [0.3, 0.4) is 0 Å². The highest BCUT2D eigenvalue weighted by Crippen LogP contribution is 2.63. The van der Waals surface area contributed by atoms with Crippen LogP contribution in [0.15, 0.2) is 370 Å². The highest BCUT2D eigenvalue weighted by molar-refractivity contribution is 5.96. The molecule has 0 atom stereocenters. The summed E-state index contributed by atoms with van der Waals surface area (Å²) in [6.07, 6.45) is 3.61. The van der Waals surface area contributed by atoms with Crippen molar-refractivity contribution >= 4 is 10.8 Å². The minimum Gasteiger partial charge on any atom is -0.256 e. The van der Waals surface area contributed by atoms with Gasteiger partial charge in [0, 0.05) is 56.9 Å². The Morgan fingerprint density at radius 2 is 0.515 bits per heavy atom. The summed E-state index contributed by atoms with van der Waals surface area (Å²) in [5.74, 6) is 2.48. The van der Waals surface area contributed by atoms with Crippen molar-refractivity contribution in [3.63, 3.8) is 0 Å². The number of hydrogen-bond donors (Lipinski definition) is 0. The van der Waals surface area contributed by atoms with Gasteiger partial charge in [-0.2, -0.15) is 0 Å². The molecule has 0 amide bonds. The average molecular weight is 1290 g/mol. The molecule has 13 aromatic carbocycles. The van der Waals surface area contributed by atoms with Gasteiger partial charge in [0.2, 0.25) is 0 Å². The Balaban J connectivity index is 0.000000146. The van der Waals surface area contributed by atoms with Crippen LogP contribution >= 0.6 is 0 Å². The van der Waals surface area contributed by atoms with Crippen LogP contribution in [0.5, 0.6) is 0 Å². The number of nitrogens with zero attached hydrogens (tertiary/aromatic N) is 7. The Kier molecular flexibility index (Phi) is 15.3. The molecule has 0 unspecified atom stereocenters. The summed E-state index contributed by atoms with van der Waals surface area (Å²) in [5.41, 5.74) is 28.2. The average Bonchev–Trinajstić information content (AvgIpc) is 1.51. The van der Waals surface area contributed by atoms with Gasteiger partial charge in [-0.1, -0.05) is 285 Å². The van der Waals surface area contributed by atoms with Crippen molar-refractivity contribution in [3.8, 4) is 146 Å².